The number of nitrogens with zero attached hydrogens (tertiary/aromatic N) is 1. The molecule has 2 aromatic carbocycles. The van der Waals surface area contributed by atoms with E-state index in [1.54, 1.807) is 6.21 Å². The molecule has 4 rings (SSSR count). The first-order valence-corrected chi connectivity index (χ1v) is 8.15. The lowest BCUT2D eigenvalue weighted by Crippen LogP contribution is -2.20. The maximum Gasteiger partial charge on any atom is 0.243 e. The first kappa shape index (κ1) is 13.5. The Labute approximate surface area is 130 Å². The average Bonchev–Trinajstić information content (AvgIpc) is 3.29. The smallest absolute Gasteiger partial charge is 0.243 e. The molecule has 2 saturated carbocycles. The van der Waals surface area contributed by atoms with Crippen molar-refractivity contribution in [3.8, 4) is 0 Å². The number of rotatable bonds is 3. The van der Waals surface area contributed by atoms with Crippen LogP contribution in [0.2, 0.25) is 0 Å². The van der Waals surface area contributed by atoms with Crippen LogP contribution in [-0.4, -0.2) is 12.1 Å². The summed E-state index contributed by atoms with van der Waals surface area (Å²) in [6.45, 7) is 0. The van der Waals surface area contributed by atoms with Crippen LogP contribution in [0.1, 0.15) is 31.2 Å². The molecule has 0 bridgehead atoms. The van der Waals surface area contributed by atoms with Gasteiger partial charge in [0.2, 0.25) is 5.91 Å². The monoisotopic (exact) mass is 292 g/mol. The molecule has 0 spiro atoms. The highest BCUT2D eigenvalue weighted by Crippen LogP contribution is 2.55. The van der Waals surface area contributed by atoms with E-state index < -0.39 is 0 Å². The van der Waals surface area contributed by atoms with Gasteiger partial charge in [-0.1, -0.05) is 49.2 Å². The summed E-state index contributed by atoms with van der Waals surface area (Å²) < 4.78 is 0. The lowest BCUT2D eigenvalue weighted by atomic mass is 10.0. The number of carbonyl (C=O) groups excluding carboxylic acids is 1. The molecular weight excluding hydrogens is 272 g/mol. The largest absolute Gasteiger partial charge is 0.273 e. The zero-order valence-corrected chi connectivity index (χ0v) is 12.5. The number of fused-ring (bicyclic) bond motifs is 2. The Kier molecular flexibility index (Phi) is 3.41. The van der Waals surface area contributed by atoms with Crippen LogP contribution in [0.4, 0.5) is 0 Å². The fraction of sp³-hybridized carbons (Fsp3) is 0.368. The maximum atomic E-state index is 12.1. The number of hydrogen-bond acceptors (Lipinski definition) is 2. The van der Waals surface area contributed by atoms with Crippen LogP contribution in [0.3, 0.4) is 0 Å². The third-order valence-electron chi connectivity index (χ3n) is 5.12. The minimum absolute atomic E-state index is 0.105. The fourth-order valence-electron chi connectivity index (χ4n) is 3.91. The molecule has 22 heavy (non-hydrogen) atoms. The summed E-state index contributed by atoms with van der Waals surface area (Å²) in [4.78, 5) is 12.1. The molecule has 1 N–H and O–H groups in total. The third kappa shape index (κ3) is 2.52. The predicted octanol–water partition coefficient (Wildman–Crippen LogP) is 3.73. The molecule has 0 aliphatic heterocycles. The summed E-state index contributed by atoms with van der Waals surface area (Å²) in [5, 5.41) is 6.54. The van der Waals surface area contributed by atoms with Crippen LogP contribution in [0.15, 0.2) is 47.6 Å². The Morgan fingerprint density at radius 3 is 2.55 bits per heavy atom. The fourth-order valence-corrected chi connectivity index (χ4v) is 3.91. The van der Waals surface area contributed by atoms with Gasteiger partial charge in [0.25, 0.3) is 0 Å². The topological polar surface area (TPSA) is 41.5 Å². The van der Waals surface area contributed by atoms with Crippen molar-refractivity contribution in [2.75, 3.05) is 0 Å². The zero-order chi connectivity index (χ0) is 14.9. The van der Waals surface area contributed by atoms with Crippen molar-refractivity contribution >= 4 is 22.9 Å². The van der Waals surface area contributed by atoms with Crippen molar-refractivity contribution in [3.05, 3.63) is 48.0 Å². The number of hydrazone groups is 1. The number of benzene rings is 2. The summed E-state index contributed by atoms with van der Waals surface area (Å²) in [6.07, 6.45) is 6.74. The van der Waals surface area contributed by atoms with E-state index in [0.717, 1.165) is 5.56 Å². The van der Waals surface area contributed by atoms with Gasteiger partial charge in [-0.2, -0.15) is 5.10 Å². The quantitative estimate of drug-likeness (QED) is 0.680. The van der Waals surface area contributed by atoms with Gasteiger partial charge in [0, 0.05) is 5.92 Å². The highest BCUT2D eigenvalue weighted by atomic mass is 16.2. The molecule has 2 aliphatic rings. The van der Waals surface area contributed by atoms with E-state index in [-0.39, 0.29) is 11.8 Å². The Morgan fingerprint density at radius 1 is 1.05 bits per heavy atom. The molecule has 112 valence electrons. The molecule has 2 aromatic rings. The Balaban J connectivity index is 1.40. The van der Waals surface area contributed by atoms with Gasteiger partial charge in [-0.05, 0) is 47.1 Å². The molecular formula is C19H20N2O. The normalized spacial score (nSPS) is 26.8. The molecule has 2 atom stereocenters. The van der Waals surface area contributed by atoms with Gasteiger partial charge in [-0.3, -0.25) is 4.79 Å². The summed E-state index contributed by atoms with van der Waals surface area (Å²) in [7, 11) is 0. The van der Waals surface area contributed by atoms with E-state index in [1.165, 1.54) is 36.5 Å². The molecule has 1 amide bonds. The van der Waals surface area contributed by atoms with Gasteiger partial charge < -0.3 is 0 Å². The van der Waals surface area contributed by atoms with Crippen LogP contribution in [0.25, 0.3) is 10.8 Å². The summed E-state index contributed by atoms with van der Waals surface area (Å²) in [5.41, 5.74) is 3.73. The Morgan fingerprint density at radius 2 is 1.77 bits per heavy atom. The summed E-state index contributed by atoms with van der Waals surface area (Å²) >= 11 is 0. The molecule has 0 unspecified atom stereocenters. The van der Waals surface area contributed by atoms with Crippen molar-refractivity contribution in [3.63, 3.8) is 0 Å². The molecule has 0 aromatic heterocycles. The van der Waals surface area contributed by atoms with E-state index in [4.69, 9.17) is 0 Å². The molecule has 0 heterocycles. The highest BCUT2D eigenvalue weighted by Gasteiger charge is 2.54. The molecule has 2 aliphatic carbocycles. The van der Waals surface area contributed by atoms with Gasteiger partial charge in [0.1, 0.15) is 0 Å². The minimum atomic E-state index is 0.105. The lowest BCUT2D eigenvalue weighted by Gasteiger charge is -2.04. The van der Waals surface area contributed by atoms with Gasteiger partial charge in [0.15, 0.2) is 0 Å². The van der Waals surface area contributed by atoms with Crippen LogP contribution in [0, 0.1) is 17.8 Å². The molecule has 3 heteroatoms. The van der Waals surface area contributed by atoms with Gasteiger partial charge in [-0.25, -0.2) is 5.43 Å². The second-order valence-corrected chi connectivity index (χ2v) is 6.48. The molecule has 0 radical (unpaired) electrons. The van der Waals surface area contributed by atoms with Crippen molar-refractivity contribution < 1.29 is 4.79 Å². The second kappa shape index (κ2) is 5.56. The van der Waals surface area contributed by atoms with Gasteiger partial charge >= 0.3 is 0 Å². The zero-order valence-electron chi connectivity index (χ0n) is 12.5. The third-order valence-corrected chi connectivity index (χ3v) is 5.12. The Hall–Kier alpha value is -2.16. The van der Waals surface area contributed by atoms with Crippen LogP contribution >= 0.6 is 0 Å². The molecule has 3 nitrogen and oxygen atoms in total. The van der Waals surface area contributed by atoms with E-state index in [9.17, 15) is 4.79 Å². The molecule has 0 saturated heterocycles. The van der Waals surface area contributed by atoms with Crippen molar-refractivity contribution in [2.24, 2.45) is 22.9 Å². The number of carbonyl (C=O) groups is 1. The van der Waals surface area contributed by atoms with Crippen molar-refractivity contribution in [1.29, 1.82) is 0 Å². The predicted molar refractivity (Wildman–Crippen MR) is 88.6 cm³/mol. The van der Waals surface area contributed by atoms with Crippen LogP contribution in [-0.2, 0) is 4.79 Å². The van der Waals surface area contributed by atoms with E-state index in [0.29, 0.717) is 11.8 Å². The summed E-state index contributed by atoms with van der Waals surface area (Å²) in [5.74, 6) is 1.58. The number of amides is 1. The first-order chi connectivity index (χ1) is 10.8. The second-order valence-electron chi connectivity index (χ2n) is 6.48. The minimum Gasteiger partial charge on any atom is -0.273 e. The van der Waals surface area contributed by atoms with Gasteiger partial charge in [-0.15, -0.1) is 0 Å². The van der Waals surface area contributed by atoms with E-state index >= 15 is 0 Å². The van der Waals surface area contributed by atoms with Crippen LogP contribution in [0.5, 0.6) is 0 Å². The first-order valence-electron chi connectivity index (χ1n) is 8.15. The van der Waals surface area contributed by atoms with Crippen molar-refractivity contribution in [1.82, 2.24) is 5.43 Å². The number of nitrogens with one attached hydrogen (secondary N) is 1. The lowest BCUT2D eigenvalue weighted by molar-refractivity contribution is -0.122. The highest BCUT2D eigenvalue weighted by molar-refractivity contribution is 5.91. The van der Waals surface area contributed by atoms with Gasteiger partial charge in [0.05, 0.1) is 6.21 Å². The standard InChI is InChI=1S/C19H20N2O/c22-19(18-16-7-3-4-8-17(16)18)21-20-12-13-9-10-14-5-1-2-6-15(14)11-13/h1-2,5-6,9-12,16-18H,3-4,7-8H2,(H,21,22)/b20-12-/t16-,17-/m1/s1. The van der Waals surface area contributed by atoms with E-state index in [1.807, 2.05) is 18.2 Å². The van der Waals surface area contributed by atoms with Crippen molar-refractivity contribution in [2.45, 2.75) is 25.7 Å². The average molecular weight is 292 g/mol. The SMILES string of the molecule is O=C(N/N=C\c1ccc2ccccc2c1)C1[C@@H]2CCCC[C@@H]12. The Bertz CT molecular complexity index is 725. The maximum absolute atomic E-state index is 12.1. The summed E-state index contributed by atoms with van der Waals surface area (Å²) in [6, 6.07) is 14.4. The van der Waals surface area contributed by atoms with E-state index in [2.05, 4.69) is 34.8 Å². The number of hydrogen-bond donors (Lipinski definition) is 1. The van der Waals surface area contributed by atoms with Crippen LogP contribution < -0.4 is 5.43 Å². The molecule has 2 fully saturated rings.